The smallest absolute Gasteiger partial charge is 0.264 e. The van der Waals surface area contributed by atoms with E-state index in [1.54, 1.807) is 55.6 Å². The summed E-state index contributed by atoms with van der Waals surface area (Å²) in [5.41, 5.74) is 2.80. The first-order chi connectivity index (χ1) is 21.7. The van der Waals surface area contributed by atoms with E-state index in [1.165, 1.54) is 44.2 Å². The maximum atomic E-state index is 13.3. The van der Waals surface area contributed by atoms with Crippen molar-refractivity contribution in [2.75, 3.05) is 24.4 Å². The molecule has 9 heteroatoms. The van der Waals surface area contributed by atoms with Crippen molar-refractivity contribution in [3.63, 3.8) is 0 Å². The fraction of sp³-hybridized carbons (Fsp3) is 0.333. The number of sulfonamides is 1. The summed E-state index contributed by atoms with van der Waals surface area (Å²) in [6.45, 7) is 7.25. The Morgan fingerprint density at radius 3 is 2.42 bits per heavy atom. The van der Waals surface area contributed by atoms with Gasteiger partial charge in [0.2, 0.25) is 0 Å². The van der Waals surface area contributed by atoms with Gasteiger partial charge in [-0.2, -0.15) is 0 Å². The second kappa shape index (κ2) is 16.5. The first-order valence-electron chi connectivity index (χ1n) is 15.3. The number of nitrogens with zero attached hydrogens (tertiary/aromatic N) is 2. The Bertz CT molecular complexity index is 1670. The van der Waals surface area contributed by atoms with Crippen LogP contribution in [-0.4, -0.2) is 44.0 Å². The van der Waals surface area contributed by atoms with Crippen LogP contribution in [0.25, 0.3) is 10.9 Å². The molecular weight excluding hydrogens is 590 g/mol. The Hall–Kier alpha value is -3.84. The van der Waals surface area contributed by atoms with Crippen LogP contribution in [0, 0.1) is 37.3 Å². The highest BCUT2D eigenvalue weighted by Crippen LogP contribution is 2.23. The topological polar surface area (TPSA) is 74.3 Å². The van der Waals surface area contributed by atoms with Gasteiger partial charge in [-0.05, 0) is 73.9 Å². The van der Waals surface area contributed by atoms with Crippen molar-refractivity contribution >= 4 is 26.6 Å². The van der Waals surface area contributed by atoms with Gasteiger partial charge >= 0.3 is 0 Å². The van der Waals surface area contributed by atoms with Gasteiger partial charge < -0.3 is 5.32 Å². The minimum absolute atomic E-state index is 0. The zero-order chi connectivity index (χ0) is 32.2. The standard InChI is InChI=1S/C17H12N2O2S.C13H18F2N2.C6H11.H2/c1-2-13-8-10-15(11-9-13)19-22(20,21)16-7-3-5-14-6-4-12-18-17(14)16;1-9-5-11(6-12(14)13(9)15)8-17-4-3-16-10(2)7-17;1-2-4-6-5-3-1;/h1,3-12,19H;5-6,10,16H,3-4,7-8H2,1-2H3;1H,2-6H2;1H/t;10-;;/m.0../s1. The van der Waals surface area contributed by atoms with Crippen LogP contribution in [0.4, 0.5) is 14.5 Å². The van der Waals surface area contributed by atoms with E-state index in [0.29, 0.717) is 34.9 Å². The Morgan fingerprint density at radius 2 is 1.80 bits per heavy atom. The lowest BCUT2D eigenvalue weighted by Gasteiger charge is -2.31. The number of rotatable bonds is 5. The molecule has 1 saturated heterocycles. The predicted molar refractivity (Wildman–Crippen MR) is 180 cm³/mol. The Labute approximate surface area is 267 Å². The second-order valence-electron chi connectivity index (χ2n) is 11.4. The number of anilines is 1. The monoisotopic (exact) mass is 633 g/mol. The molecule has 6 nitrogen and oxygen atoms in total. The third-order valence-electron chi connectivity index (χ3n) is 7.63. The number of hydrogen-bond acceptors (Lipinski definition) is 5. The molecule has 1 aliphatic heterocycles. The van der Waals surface area contributed by atoms with Crippen molar-refractivity contribution in [3.8, 4) is 12.3 Å². The van der Waals surface area contributed by atoms with E-state index in [2.05, 4.69) is 39.2 Å². The first kappa shape index (κ1) is 34.0. The van der Waals surface area contributed by atoms with Crippen molar-refractivity contribution in [3.05, 3.63) is 108 Å². The molecule has 1 saturated carbocycles. The van der Waals surface area contributed by atoms with E-state index >= 15 is 0 Å². The highest BCUT2D eigenvalue weighted by atomic mass is 32.2. The number of hydrogen-bond donors (Lipinski definition) is 2. The van der Waals surface area contributed by atoms with Crippen LogP contribution >= 0.6 is 0 Å². The number of fused-ring (bicyclic) bond motifs is 1. The molecule has 2 heterocycles. The van der Waals surface area contributed by atoms with Crippen LogP contribution in [0.1, 0.15) is 57.1 Å². The highest BCUT2D eigenvalue weighted by molar-refractivity contribution is 7.93. The molecule has 1 radical (unpaired) electrons. The number of benzene rings is 3. The quantitative estimate of drug-likeness (QED) is 0.223. The van der Waals surface area contributed by atoms with Crippen LogP contribution < -0.4 is 10.0 Å². The Balaban J connectivity index is 0.000000212. The molecule has 2 N–H and O–H groups in total. The molecule has 1 atom stereocenters. The summed E-state index contributed by atoms with van der Waals surface area (Å²) in [6.07, 6.45) is 16.4. The van der Waals surface area contributed by atoms with Crippen molar-refractivity contribution in [2.45, 2.75) is 63.4 Å². The van der Waals surface area contributed by atoms with E-state index in [0.717, 1.165) is 30.6 Å². The molecule has 45 heavy (non-hydrogen) atoms. The average Bonchev–Trinajstić information content (AvgIpc) is 3.05. The van der Waals surface area contributed by atoms with E-state index in [-0.39, 0.29) is 6.32 Å². The molecule has 4 aromatic rings. The van der Waals surface area contributed by atoms with Gasteiger partial charge in [-0.1, -0.05) is 62.3 Å². The third kappa shape index (κ3) is 10.1. The fourth-order valence-electron chi connectivity index (χ4n) is 5.34. The van der Waals surface area contributed by atoms with Crippen LogP contribution in [-0.2, 0) is 16.6 Å². The lowest BCUT2D eigenvalue weighted by Crippen LogP contribution is -2.48. The van der Waals surface area contributed by atoms with Gasteiger partial charge in [0.05, 0.1) is 5.52 Å². The SMILES string of the molecule is C#Cc1ccc(NS(=O)(=O)c2cccc3cccnc23)cc1.Cc1cc(CN2CCN[C@@H](C)C2)cc(F)c1F.[CH]1CCCCC1.[HH]. The maximum absolute atomic E-state index is 13.3. The summed E-state index contributed by atoms with van der Waals surface area (Å²) in [5, 5.41) is 4.13. The van der Waals surface area contributed by atoms with Gasteiger partial charge in [0.15, 0.2) is 11.6 Å². The number of para-hydroxylation sites is 1. The minimum atomic E-state index is -3.72. The number of nitrogens with one attached hydrogen (secondary N) is 2. The van der Waals surface area contributed by atoms with Crippen LogP contribution in [0.5, 0.6) is 0 Å². The predicted octanol–water partition coefficient (Wildman–Crippen LogP) is 7.48. The van der Waals surface area contributed by atoms with Crippen molar-refractivity contribution in [1.82, 2.24) is 15.2 Å². The van der Waals surface area contributed by atoms with Gasteiger partial charge in [0.1, 0.15) is 4.90 Å². The van der Waals surface area contributed by atoms with Crippen molar-refractivity contribution in [1.29, 1.82) is 0 Å². The number of pyridine rings is 1. The summed E-state index contributed by atoms with van der Waals surface area (Å²) in [7, 11) is -3.72. The molecular formula is C36H43F2N4O2S. The minimum Gasteiger partial charge on any atom is -0.312 e. The summed E-state index contributed by atoms with van der Waals surface area (Å²) in [6, 6.07) is 18.7. The van der Waals surface area contributed by atoms with Gasteiger partial charge in [-0.25, -0.2) is 17.2 Å². The molecule has 1 aliphatic carbocycles. The van der Waals surface area contributed by atoms with Crippen molar-refractivity contribution in [2.24, 2.45) is 0 Å². The molecule has 239 valence electrons. The largest absolute Gasteiger partial charge is 0.312 e. The van der Waals surface area contributed by atoms with Gasteiger partial charge in [-0.15, -0.1) is 6.42 Å². The average molecular weight is 634 g/mol. The van der Waals surface area contributed by atoms with E-state index in [4.69, 9.17) is 6.42 Å². The molecule has 6 rings (SSSR count). The lowest BCUT2D eigenvalue weighted by atomic mass is 10.0. The van der Waals surface area contributed by atoms with Crippen LogP contribution in [0.2, 0.25) is 0 Å². The summed E-state index contributed by atoms with van der Waals surface area (Å²) < 4.78 is 54.1. The summed E-state index contributed by atoms with van der Waals surface area (Å²) in [5.74, 6) is 1.00. The first-order valence-corrected chi connectivity index (χ1v) is 16.8. The maximum Gasteiger partial charge on any atom is 0.264 e. The molecule has 2 fully saturated rings. The van der Waals surface area contributed by atoms with Gasteiger partial charge in [-0.3, -0.25) is 14.6 Å². The van der Waals surface area contributed by atoms with Gasteiger partial charge in [0.25, 0.3) is 10.0 Å². The van der Waals surface area contributed by atoms with E-state index < -0.39 is 21.7 Å². The molecule has 0 amide bonds. The highest BCUT2D eigenvalue weighted by Gasteiger charge is 2.19. The van der Waals surface area contributed by atoms with E-state index in [9.17, 15) is 17.2 Å². The molecule has 0 unspecified atom stereocenters. The molecule has 3 aromatic carbocycles. The van der Waals surface area contributed by atoms with Crippen LogP contribution in [0.3, 0.4) is 0 Å². The number of halogens is 2. The second-order valence-corrected chi connectivity index (χ2v) is 13.0. The Kier molecular flexibility index (Phi) is 12.5. The number of aromatic nitrogens is 1. The molecule has 0 spiro atoms. The van der Waals surface area contributed by atoms with E-state index in [1.807, 2.05) is 12.1 Å². The van der Waals surface area contributed by atoms with Crippen molar-refractivity contribution < 1.29 is 18.6 Å². The third-order valence-corrected chi connectivity index (χ3v) is 9.05. The zero-order valence-corrected chi connectivity index (χ0v) is 26.7. The summed E-state index contributed by atoms with van der Waals surface area (Å²) >= 11 is 0. The normalized spacial score (nSPS) is 16.8. The number of terminal acetylenes is 1. The molecule has 0 bridgehead atoms. The Morgan fingerprint density at radius 1 is 1.07 bits per heavy atom. The van der Waals surface area contributed by atoms with Crippen LogP contribution in [0.15, 0.2) is 77.8 Å². The zero-order valence-electron chi connectivity index (χ0n) is 25.9. The lowest BCUT2D eigenvalue weighted by molar-refractivity contribution is 0.199. The van der Waals surface area contributed by atoms with Gasteiger partial charge in [0, 0.05) is 56.5 Å². The molecule has 2 aliphatic rings. The fourth-order valence-corrected chi connectivity index (χ4v) is 6.58. The summed E-state index contributed by atoms with van der Waals surface area (Å²) in [4.78, 5) is 6.57. The molecule has 1 aromatic heterocycles. The number of piperazine rings is 1. The number of aryl methyl sites for hydroxylation is 1.